The lowest BCUT2D eigenvalue weighted by Crippen LogP contribution is -2.21. The number of ether oxygens (including phenoxy) is 1. The fourth-order valence-corrected chi connectivity index (χ4v) is 3.45. The molecule has 3 aromatic rings. The number of anilines is 2. The summed E-state index contributed by atoms with van der Waals surface area (Å²) in [5.41, 5.74) is 3.35. The van der Waals surface area contributed by atoms with E-state index in [1.165, 1.54) is 0 Å². The van der Waals surface area contributed by atoms with Crippen LogP contribution in [0.3, 0.4) is 0 Å². The van der Waals surface area contributed by atoms with Crippen LogP contribution in [0.4, 0.5) is 11.5 Å². The summed E-state index contributed by atoms with van der Waals surface area (Å²) >= 11 is 0. The number of aryl methyl sites for hydroxylation is 1. The van der Waals surface area contributed by atoms with E-state index in [0.717, 1.165) is 16.9 Å². The Morgan fingerprint density at radius 3 is 2.47 bits per heavy atom. The van der Waals surface area contributed by atoms with Crippen LogP contribution in [0.25, 0.3) is 11.4 Å². The molecule has 152 valence electrons. The van der Waals surface area contributed by atoms with E-state index < -0.39 is 6.61 Å². The maximum atomic E-state index is 12.9. The van der Waals surface area contributed by atoms with Crippen LogP contribution in [0.2, 0.25) is 0 Å². The first-order chi connectivity index (χ1) is 14.5. The lowest BCUT2D eigenvalue weighted by Gasteiger charge is -2.18. The molecule has 0 aliphatic carbocycles. The first kappa shape index (κ1) is 19.7. The van der Waals surface area contributed by atoms with E-state index in [-0.39, 0.29) is 18.0 Å². The summed E-state index contributed by atoms with van der Waals surface area (Å²) in [6.45, 7) is 4.00. The van der Waals surface area contributed by atoms with Crippen LogP contribution in [-0.4, -0.2) is 39.9 Å². The molecule has 0 spiro atoms. The number of nitrogens with one attached hydrogen (secondary N) is 1. The Balaban J connectivity index is 1.85. The van der Waals surface area contributed by atoms with Crippen molar-refractivity contribution in [2.75, 3.05) is 18.1 Å². The second-order valence-corrected chi connectivity index (χ2v) is 7.03. The Morgan fingerprint density at radius 2 is 1.83 bits per heavy atom. The van der Waals surface area contributed by atoms with E-state index >= 15 is 0 Å². The number of aromatic nitrogens is 2. The van der Waals surface area contributed by atoms with Crippen molar-refractivity contribution < 1.29 is 14.6 Å². The Kier molecular flexibility index (Phi) is 5.29. The molecule has 0 bridgehead atoms. The number of aliphatic hydroxyl groups is 1. The number of amides is 1. The maximum Gasteiger partial charge on any atom is 0.237 e. The fourth-order valence-electron chi connectivity index (χ4n) is 3.45. The second kappa shape index (κ2) is 8.04. The van der Waals surface area contributed by atoms with Crippen molar-refractivity contribution in [2.24, 2.45) is 0 Å². The molecule has 0 saturated carbocycles. The van der Waals surface area contributed by atoms with Gasteiger partial charge in [0.2, 0.25) is 5.91 Å². The molecule has 7 nitrogen and oxygen atoms in total. The third-order valence-corrected chi connectivity index (χ3v) is 4.93. The van der Waals surface area contributed by atoms with Crippen LogP contribution >= 0.6 is 0 Å². The number of hydrogen-bond acceptors (Lipinski definition) is 6. The minimum absolute atomic E-state index is 0.0422. The van der Waals surface area contributed by atoms with E-state index in [2.05, 4.69) is 9.97 Å². The van der Waals surface area contributed by atoms with Crippen molar-refractivity contribution in [1.29, 1.82) is 5.41 Å². The van der Waals surface area contributed by atoms with Gasteiger partial charge >= 0.3 is 0 Å². The zero-order valence-electron chi connectivity index (χ0n) is 16.8. The van der Waals surface area contributed by atoms with Gasteiger partial charge in [0.05, 0.1) is 36.7 Å². The zero-order valence-corrected chi connectivity index (χ0v) is 16.8. The molecular weight excluding hydrogens is 380 g/mol. The Hall–Kier alpha value is -3.58. The molecule has 1 aromatic heterocycles. The van der Waals surface area contributed by atoms with Gasteiger partial charge in [-0.05, 0) is 50.2 Å². The largest absolute Gasteiger partial charge is 0.494 e. The van der Waals surface area contributed by atoms with Crippen LogP contribution < -0.4 is 9.64 Å². The number of hydrogen-bond donors (Lipinski definition) is 2. The molecule has 4 rings (SSSR count). The van der Waals surface area contributed by atoms with E-state index in [1.54, 1.807) is 4.90 Å². The highest BCUT2D eigenvalue weighted by Gasteiger charge is 2.34. The summed E-state index contributed by atoms with van der Waals surface area (Å²) in [6, 6.07) is 15.0. The van der Waals surface area contributed by atoms with Gasteiger partial charge in [0.15, 0.2) is 5.82 Å². The number of nitrogens with zero attached hydrogens (tertiary/aromatic N) is 3. The van der Waals surface area contributed by atoms with Crippen LogP contribution in [0.1, 0.15) is 23.7 Å². The fraction of sp³-hybridized carbons (Fsp3) is 0.217. The molecule has 2 N–H and O–H groups in total. The first-order valence-electron chi connectivity index (χ1n) is 9.74. The van der Waals surface area contributed by atoms with E-state index in [4.69, 9.17) is 10.1 Å². The van der Waals surface area contributed by atoms with Crippen LogP contribution in [0.15, 0.2) is 48.5 Å². The third kappa shape index (κ3) is 3.55. The summed E-state index contributed by atoms with van der Waals surface area (Å²) in [6.07, 6.45) is 0.0878. The summed E-state index contributed by atoms with van der Waals surface area (Å²) < 4.78 is 5.49. The molecule has 0 saturated heterocycles. The highest BCUT2D eigenvalue weighted by atomic mass is 16.5. The highest BCUT2D eigenvalue weighted by Crippen LogP contribution is 2.37. The smallest absolute Gasteiger partial charge is 0.237 e. The minimum atomic E-state index is -0.467. The standard InChI is InChI=1S/C23H22N4O3/c1-3-30-17-10-6-15(7-11-17)22-25-21(19(24)13-28)18-12-20(29)27(23(18)26-22)16-8-4-14(2)5-9-16/h4-11,24,28H,3,12-13H2,1-2H3. The molecular formula is C23H22N4O3. The van der Waals surface area contributed by atoms with Gasteiger partial charge in [-0.3, -0.25) is 9.69 Å². The molecule has 1 amide bonds. The number of rotatable bonds is 6. The van der Waals surface area contributed by atoms with Gasteiger partial charge in [-0.15, -0.1) is 0 Å². The molecule has 7 heteroatoms. The average molecular weight is 402 g/mol. The molecule has 0 radical (unpaired) electrons. The van der Waals surface area contributed by atoms with Crippen molar-refractivity contribution in [1.82, 2.24) is 9.97 Å². The maximum absolute atomic E-state index is 12.9. The topological polar surface area (TPSA) is 99.4 Å². The van der Waals surface area contributed by atoms with Crippen molar-refractivity contribution in [3.63, 3.8) is 0 Å². The monoisotopic (exact) mass is 402 g/mol. The molecule has 0 fully saturated rings. The quantitative estimate of drug-likeness (QED) is 0.616. The molecule has 0 atom stereocenters. The normalized spacial score (nSPS) is 12.8. The van der Waals surface area contributed by atoms with Gasteiger partial charge < -0.3 is 15.3 Å². The van der Waals surface area contributed by atoms with Crippen LogP contribution in [-0.2, 0) is 11.2 Å². The lowest BCUT2D eigenvalue weighted by molar-refractivity contribution is -0.116. The van der Waals surface area contributed by atoms with Gasteiger partial charge in [-0.1, -0.05) is 17.7 Å². The average Bonchev–Trinajstić information content (AvgIpc) is 3.09. The number of benzene rings is 2. The Labute approximate surface area is 174 Å². The number of carbonyl (C=O) groups excluding carboxylic acids is 1. The van der Waals surface area contributed by atoms with E-state index in [1.807, 2.05) is 62.4 Å². The lowest BCUT2D eigenvalue weighted by atomic mass is 10.1. The van der Waals surface area contributed by atoms with E-state index in [9.17, 15) is 9.90 Å². The summed E-state index contributed by atoms with van der Waals surface area (Å²) in [7, 11) is 0. The van der Waals surface area contributed by atoms with Crippen molar-refractivity contribution >= 4 is 23.1 Å². The Morgan fingerprint density at radius 1 is 1.13 bits per heavy atom. The summed E-state index contributed by atoms with van der Waals surface area (Å²) in [5, 5.41) is 17.7. The molecule has 0 unspecified atom stereocenters. The predicted octanol–water partition coefficient (Wildman–Crippen LogP) is 3.43. The van der Waals surface area contributed by atoms with Crippen molar-refractivity contribution in [2.45, 2.75) is 20.3 Å². The Bertz CT molecular complexity index is 1110. The predicted molar refractivity (Wildman–Crippen MR) is 115 cm³/mol. The molecule has 30 heavy (non-hydrogen) atoms. The van der Waals surface area contributed by atoms with Gasteiger partial charge in [-0.25, -0.2) is 9.97 Å². The van der Waals surface area contributed by atoms with Crippen LogP contribution in [0, 0.1) is 12.3 Å². The number of aliphatic hydroxyl groups excluding tert-OH is 1. The van der Waals surface area contributed by atoms with Gasteiger partial charge in [0.25, 0.3) is 0 Å². The van der Waals surface area contributed by atoms with Gasteiger partial charge in [0, 0.05) is 11.1 Å². The van der Waals surface area contributed by atoms with Crippen molar-refractivity contribution in [3.05, 3.63) is 65.4 Å². The molecule has 1 aliphatic rings. The molecule has 1 aliphatic heterocycles. The van der Waals surface area contributed by atoms with E-state index in [0.29, 0.717) is 35.2 Å². The zero-order chi connectivity index (χ0) is 21.3. The summed E-state index contributed by atoms with van der Waals surface area (Å²) in [5.74, 6) is 1.44. The van der Waals surface area contributed by atoms with Crippen molar-refractivity contribution in [3.8, 4) is 17.1 Å². The summed E-state index contributed by atoms with van der Waals surface area (Å²) in [4.78, 5) is 23.6. The molecule has 2 aromatic carbocycles. The number of carbonyl (C=O) groups is 1. The highest BCUT2D eigenvalue weighted by molar-refractivity contribution is 6.10. The third-order valence-electron chi connectivity index (χ3n) is 4.93. The first-order valence-corrected chi connectivity index (χ1v) is 9.74. The SMILES string of the molecule is CCOc1ccc(-c2nc(C(=N)CO)c3c(n2)N(c2ccc(C)cc2)C(=O)C3)cc1. The minimum Gasteiger partial charge on any atom is -0.494 e. The van der Waals surface area contributed by atoms with Gasteiger partial charge in [0.1, 0.15) is 11.6 Å². The number of fused-ring (bicyclic) bond motifs is 1. The molecule has 2 heterocycles. The van der Waals surface area contributed by atoms with Gasteiger partial charge in [-0.2, -0.15) is 0 Å². The van der Waals surface area contributed by atoms with Crippen LogP contribution in [0.5, 0.6) is 5.75 Å². The second-order valence-electron chi connectivity index (χ2n) is 7.03.